The van der Waals surface area contributed by atoms with E-state index in [1.807, 2.05) is 19.9 Å². The van der Waals surface area contributed by atoms with Crippen molar-refractivity contribution in [3.8, 4) is 22.9 Å². The minimum atomic E-state index is -0.616. The number of nitrogens with one attached hydrogen (secondary N) is 2. The van der Waals surface area contributed by atoms with Crippen molar-refractivity contribution in [2.24, 2.45) is 0 Å². The van der Waals surface area contributed by atoms with E-state index in [9.17, 15) is 4.79 Å². The van der Waals surface area contributed by atoms with Crippen LogP contribution in [0.2, 0.25) is 10.0 Å². The number of rotatable bonds is 5. The number of carbonyl (C=O) groups is 1. The van der Waals surface area contributed by atoms with Crippen LogP contribution in [0.1, 0.15) is 13.8 Å². The van der Waals surface area contributed by atoms with Crippen LogP contribution in [0.3, 0.4) is 0 Å². The van der Waals surface area contributed by atoms with Gasteiger partial charge in [-0.1, -0.05) is 35.3 Å². The van der Waals surface area contributed by atoms with Gasteiger partial charge < -0.3 is 14.5 Å². The van der Waals surface area contributed by atoms with Crippen LogP contribution in [0.25, 0.3) is 22.4 Å². The Morgan fingerprint density at radius 2 is 1.74 bits per heavy atom. The molecule has 1 aromatic heterocycles. The zero-order valence-electron chi connectivity index (χ0n) is 16.8. The highest BCUT2D eigenvalue weighted by Gasteiger charge is 2.14. The van der Waals surface area contributed by atoms with E-state index in [0.717, 1.165) is 0 Å². The van der Waals surface area contributed by atoms with Gasteiger partial charge in [-0.3, -0.25) is 5.32 Å². The Morgan fingerprint density at radius 3 is 2.48 bits per heavy atom. The van der Waals surface area contributed by atoms with Crippen molar-refractivity contribution < 1.29 is 14.3 Å². The molecule has 0 saturated heterocycles. The Bertz CT molecular complexity index is 1230. The first kappa shape index (κ1) is 21.0. The molecule has 158 valence electrons. The summed E-state index contributed by atoms with van der Waals surface area (Å²) < 4.78 is 11.1. The topological polar surface area (TPSA) is 76.2 Å². The summed E-state index contributed by atoms with van der Waals surface area (Å²) >= 11 is 12.6. The minimum Gasteiger partial charge on any atom is -0.491 e. The highest BCUT2D eigenvalue weighted by molar-refractivity contribution is 6.39. The molecular weight excluding hydrogens is 437 g/mol. The second-order valence-electron chi connectivity index (χ2n) is 7.07. The first-order valence-electron chi connectivity index (χ1n) is 9.59. The van der Waals surface area contributed by atoms with Crippen molar-refractivity contribution in [3.63, 3.8) is 0 Å². The average Bonchev–Trinajstić information content (AvgIpc) is 3.10. The largest absolute Gasteiger partial charge is 0.491 e. The summed E-state index contributed by atoms with van der Waals surface area (Å²) in [6, 6.07) is 17.5. The molecule has 3 aromatic carbocycles. The molecule has 0 fully saturated rings. The number of benzene rings is 3. The number of anilines is 1. The Labute approximate surface area is 189 Å². The van der Waals surface area contributed by atoms with E-state index in [0.29, 0.717) is 49.7 Å². The number of halogens is 2. The van der Waals surface area contributed by atoms with Gasteiger partial charge in [0, 0.05) is 17.8 Å². The zero-order valence-corrected chi connectivity index (χ0v) is 18.3. The number of fused-ring (bicyclic) bond motifs is 1. The maximum atomic E-state index is 12.3. The van der Waals surface area contributed by atoms with E-state index in [4.69, 9.17) is 32.7 Å². The van der Waals surface area contributed by atoms with Gasteiger partial charge in [0.05, 0.1) is 32.7 Å². The molecule has 4 rings (SSSR count). The molecule has 6 nitrogen and oxygen atoms in total. The molecule has 0 unspecified atom stereocenters. The van der Waals surface area contributed by atoms with Crippen LogP contribution in [-0.4, -0.2) is 22.2 Å². The Balaban J connectivity index is 1.51. The first-order chi connectivity index (χ1) is 14.9. The third-order valence-electron chi connectivity index (χ3n) is 4.32. The number of ether oxygens (including phenoxy) is 2. The Hall–Kier alpha value is -3.22. The third kappa shape index (κ3) is 4.93. The smallest absolute Gasteiger partial charge is 0.417 e. The first-order valence-corrected chi connectivity index (χ1v) is 10.3. The number of nitrogens with zero attached hydrogens (tertiary/aromatic N) is 1. The van der Waals surface area contributed by atoms with E-state index >= 15 is 0 Å². The van der Waals surface area contributed by atoms with Crippen LogP contribution in [0, 0.1) is 0 Å². The number of hydrogen-bond donors (Lipinski definition) is 2. The second kappa shape index (κ2) is 8.88. The van der Waals surface area contributed by atoms with Crippen molar-refractivity contribution >= 4 is 46.0 Å². The summed E-state index contributed by atoms with van der Waals surface area (Å²) in [5.41, 5.74) is 2.56. The summed E-state index contributed by atoms with van der Waals surface area (Å²) in [4.78, 5) is 20.0. The van der Waals surface area contributed by atoms with Gasteiger partial charge in [0.15, 0.2) is 0 Å². The Morgan fingerprint density at radius 1 is 1.00 bits per heavy atom. The van der Waals surface area contributed by atoms with Gasteiger partial charge in [-0.25, -0.2) is 9.78 Å². The van der Waals surface area contributed by atoms with E-state index in [1.54, 1.807) is 54.6 Å². The molecule has 0 aliphatic heterocycles. The summed E-state index contributed by atoms with van der Waals surface area (Å²) in [5.74, 6) is 1.56. The number of carbonyl (C=O) groups excluding carboxylic acids is 1. The van der Waals surface area contributed by atoms with Crippen molar-refractivity contribution in [3.05, 3.63) is 70.7 Å². The summed E-state index contributed by atoms with van der Waals surface area (Å²) in [6.45, 7) is 3.87. The van der Waals surface area contributed by atoms with Gasteiger partial charge >= 0.3 is 6.09 Å². The molecule has 2 N–H and O–H groups in total. The quantitative estimate of drug-likeness (QED) is 0.341. The van der Waals surface area contributed by atoms with Crippen LogP contribution in [0.5, 0.6) is 11.5 Å². The molecule has 4 aromatic rings. The minimum absolute atomic E-state index is 0.0360. The van der Waals surface area contributed by atoms with Crippen LogP contribution in [0.15, 0.2) is 60.7 Å². The summed E-state index contributed by atoms with van der Waals surface area (Å²) in [5, 5.41) is 3.68. The van der Waals surface area contributed by atoms with E-state index in [-0.39, 0.29) is 6.10 Å². The molecule has 8 heteroatoms. The number of H-pyrrole nitrogens is 1. The molecule has 0 spiro atoms. The fraction of sp³-hybridized carbons (Fsp3) is 0.130. The maximum Gasteiger partial charge on any atom is 0.417 e. The second-order valence-corrected chi connectivity index (χ2v) is 7.88. The number of hydrogen-bond acceptors (Lipinski definition) is 4. The Kier molecular flexibility index (Phi) is 6.02. The fourth-order valence-corrected chi connectivity index (χ4v) is 3.64. The predicted molar refractivity (Wildman–Crippen MR) is 123 cm³/mol. The zero-order chi connectivity index (χ0) is 22.0. The highest BCUT2D eigenvalue weighted by atomic mass is 35.5. The van der Waals surface area contributed by atoms with Gasteiger partial charge in [-0.2, -0.15) is 0 Å². The summed E-state index contributed by atoms with van der Waals surface area (Å²) in [6.07, 6.45) is -0.580. The van der Waals surface area contributed by atoms with Gasteiger partial charge in [0.1, 0.15) is 17.3 Å². The van der Waals surface area contributed by atoms with Crippen molar-refractivity contribution in [2.75, 3.05) is 5.32 Å². The lowest BCUT2D eigenvalue weighted by atomic mass is 10.2. The third-order valence-corrected chi connectivity index (χ3v) is 4.95. The molecule has 31 heavy (non-hydrogen) atoms. The molecule has 1 heterocycles. The summed E-state index contributed by atoms with van der Waals surface area (Å²) in [7, 11) is 0. The maximum absolute atomic E-state index is 12.3. The van der Waals surface area contributed by atoms with Gasteiger partial charge in [-0.15, -0.1) is 0 Å². The molecule has 0 aliphatic rings. The SMILES string of the molecule is CC(C)Oc1cccc(NC(=O)Oc2ccc3nc(-c4c(Cl)cccc4Cl)[nH]c3c2)c1. The van der Waals surface area contributed by atoms with Gasteiger partial charge in [0.25, 0.3) is 0 Å². The number of amides is 1. The number of aromatic nitrogens is 2. The number of imidazole rings is 1. The normalized spacial score (nSPS) is 11.0. The van der Waals surface area contributed by atoms with E-state index < -0.39 is 6.09 Å². The van der Waals surface area contributed by atoms with Gasteiger partial charge in [-0.05, 0) is 50.2 Å². The highest BCUT2D eigenvalue weighted by Crippen LogP contribution is 2.34. The lowest BCUT2D eigenvalue weighted by Crippen LogP contribution is -2.16. The van der Waals surface area contributed by atoms with Crippen LogP contribution in [-0.2, 0) is 0 Å². The predicted octanol–water partition coefficient (Wildman–Crippen LogP) is 6.93. The van der Waals surface area contributed by atoms with Crippen LogP contribution < -0.4 is 14.8 Å². The standard InChI is InChI=1S/C23H19Cl2N3O3/c1-13(2)30-15-6-3-5-14(11-15)26-23(29)31-16-9-10-19-20(12-16)28-22(27-19)21-17(24)7-4-8-18(21)25/h3-13H,1-2H3,(H,26,29)(H,27,28). The lowest BCUT2D eigenvalue weighted by molar-refractivity contribution is 0.215. The molecule has 0 radical (unpaired) electrons. The van der Waals surface area contributed by atoms with Crippen LogP contribution >= 0.6 is 23.2 Å². The monoisotopic (exact) mass is 455 g/mol. The molecule has 0 bridgehead atoms. The molecule has 0 atom stereocenters. The molecule has 0 saturated carbocycles. The fourth-order valence-electron chi connectivity index (χ4n) is 3.06. The lowest BCUT2D eigenvalue weighted by Gasteiger charge is -2.11. The van der Waals surface area contributed by atoms with Crippen molar-refractivity contribution in [1.82, 2.24) is 9.97 Å². The van der Waals surface area contributed by atoms with Crippen LogP contribution in [0.4, 0.5) is 10.5 Å². The van der Waals surface area contributed by atoms with E-state index in [2.05, 4.69) is 15.3 Å². The molecule has 1 amide bonds. The number of aromatic amines is 1. The van der Waals surface area contributed by atoms with E-state index in [1.165, 1.54) is 0 Å². The van der Waals surface area contributed by atoms with Crippen molar-refractivity contribution in [2.45, 2.75) is 20.0 Å². The van der Waals surface area contributed by atoms with Crippen molar-refractivity contribution in [1.29, 1.82) is 0 Å². The molecular formula is C23H19Cl2N3O3. The van der Waals surface area contributed by atoms with Gasteiger partial charge in [0.2, 0.25) is 0 Å². The molecule has 0 aliphatic carbocycles. The average molecular weight is 456 g/mol.